The lowest BCUT2D eigenvalue weighted by atomic mass is 9.42. The molecule has 3 saturated heterocycles. The van der Waals surface area contributed by atoms with E-state index in [-0.39, 0.29) is 18.5 Å². The summed E-state index contributed by atoms with van der Waals surface area (Å²) in [6, 6.07) is 1.80. The Kier molecular flexibility index (Phi) is 3.56. The van der Waals surface area contributed by atoms with Crippen LogP contribution in [0.5, 0.6) is 0 Å². The largest absolute Gasteiger partial charge is 0.472 e. The highest BCUT2D eigenvalue weighted by molar-refractivity contribution is 5.81. The van der Waals surface area contributed by atoms with E-state index >= 15 is 0 Å². The molecule has 1 N–H and O–H groups in total. The number of aliphatic hydroxyl groups is 1. The first kappa shape index (κ1) is 18.8. The van der Waals surface area contributed by atoms with Gasteiger partial charge in [-0.25, -0.2) is 0 Å². The standard InChI is InChI=1S/C22H26O8/c1-12-20(8-15(30-18(20)24)14-5-7-26-9-14)16-4-3-6-19(10-27-19)21(16)11-28-22(12,25)17(21)29-13(2)23/h5,7,9,12,15-17,25H,3-4,6,8,10-11H2,1-2H3/t12-,15-,16+,17+,19-,20+,21-,22-/m0/s1. The summed E-state index contributed by atoms with van der Waals surface area (Å²) in [5, 5.41) is 11.8. The Morgan fingerprint density at radius 3 is 2.77 bits per heavy atom. The number of furan rings is 1. The molecule has 2 bridgehead atoms. The Hall–Kier alpha value is -1.90. The van der Waals surface area contributed by atoms with E-state index in [9.17, 15) is 14.7 Å². The molecule has 8 atom stereocenters. The van der Waals surface area contributed by atoms with Crippen LogP contribution in [0.4, 0.5) is 0 Å². The van der Waals surface area contributed by atoms with Gasteiger partial charge in [0.05, 0.1) is 36.6 Å². The number of epoxide rings is 1. The minimum atomic E-state index is -1.78. The van der Waals surface area contributed by atoms with Gasteiger partial charge in [-0.05, 0) is 24.8 Å². The average Bonchev–Trinajstić information content (AvgIpc) is 3.06. The molecule has 5 fully saturated rings. The lowest BCUT2D eigenvalue weighted by Gasteiger charge is -2.60. The molecule has 3 aliphatic heterocycles. The van der Waals surface area contributed by atoms with Crippen LogP contribution in [0.1, 0.15) is 51.2 Å². The number of rotatable bonds is 2. The molecule has 0 aromatic carbocycles. The molecule has 162 valence electrons. The smallest absolute Gasteiger partial charge is 0.313 e. The Labute approximate surface area is 173 Å². The van der Waals surface area contributed by atoms with Gasteiger partial charge >= 0.3 is 11.9 Å². The van der Waals surface area contributed by atoms with E-state index < -0.39 is 46.3 Å². The Morgan fingerprint density at radius 1 is 1.30 bits per heavy atom. The van der Waals surface area contributed by atoms with E-state index in [0.29, 0.717) is 13.0 Å². The lowest BCUT2D eigenvalue weighted by Crippen LogP contribution is -2.72. The van der Waals surface area contributed by atoms with Gasteiger partial charge in [0, 0.05) is 24.8 Å². The molecule has 5 aliphatic rings. The van der Waals surface area contributed by atoms with Gasteiger partial charge in [0.25, 0.3) is 0 Å². The van der Waals surface area contributed by atoms with Crippen LogP contribution < -0.4 is 0 Å². The molecule has 6 rings (SSSR count). The Balaban J connectivity index is 1.52. The number of esters is 2. The SMILES string of the molecule is CC(=O)O[C@H]1[C@@]2(O)OC[C@]13[C@H](CCC[C@]31CO1)[C@@]1(C[C@@H](c3ccoc3)OC1=O)[C@@H]2C. The van der Waals surface area contributed by atoms with Crippen LogP contribution in [0, 0.1) is 22.7 Å². The van der Waals surface area contributed by atoms with Crippen molar-refractivity contribution in [2.24, 2.45) is 22.7 Å². The third kappa shape index (κ3) is 1.94. The zero-order chi connectivity index (χ0) is 20.9. The Morgan fingerprint density at radius 2 is 2.10 bits per heavy atom. The van der Waals surface area contributed by atoms with Gasteiger partial charge in [-0.15, -0.1) is 0 Å². The van der Waals surface area contributed by atoms with E-state index in [2.05, 4.69) is 0 Å². The maximum Gasteiger partial charge on any atom is 0.313 e. The highest BCUT2D eigenvalue weighted by Gasteiger charge is 2.86. The first-order valence-electron chi connectivity index (χ1n) is 10.7. The van der Waals surface area contributed by atoms with Crippen LogP contribution in [0.15, 0.2) is 23.0 Å². The minimum absolute atomic E-state index is 0.187. The summed E-state index contributed by atoms with van der Waals surface area (Å²) in [6.07, 6.45) is 4.71. The zero-order valence-corrected chi connectivity index (χ0v) is 17.1. The third-order valence-corrected chi connectivity index (χ3v) is 8.79. The summed E-state index contributed by atoms with van der Waals surface area (Å²) in [7, 11) is 0. The predicted molar refractivity (Wildman–Crippen MR) is 98.7 cm³/mol. The number of cyclic esters (lactones) is 1. The van der Waals surface area contributed by atoms with Crippen LogP contribution in [-0.2, 0) is 28.5 Å². The van der Waals surface area contributed by atoms with Crippen LogP contribution in [-0.4, -0.2) is 47.8 Å². The molecule has 2 saturated carbocycles. The van der Waals surface area contributed by atoms with E-state index in [4.69, 9.17) is 23.4 Å². The molecular formula is C22H26O8. The molecule has 8 heteroatoms. The summed E-state index contributed by atoms with van der Waals surface area (Å²) < 4.78 is 28.9. The van der Waals surface area contributed by atoms with Gasteiger partial charge in [-0.1, -0.05) is 13.3 Å². The van der Waals surface area contributed by atoms with Gasteiger partial charge < -0.3 is 28.5 Å². The number of hydrogen-bond acceptors (Lipinski definition) is 8. The second-order valence-corrected chi connectivity index (χ2v) is 9.71. The minimum Gasteiger partial charge on any atom is -0.472 e. The van der Waals surface area contributed by atoms with Crippen LogP contribution in [0.2, 0.25) is 0 Å². The van der Waals surface area contributed by atoms with Crippen molar-refractivity contribution in [1.82, 2.24) is 0 Å². The highest BCUT2D eigenvalue weighted by Crippen LogP contribution is 2.75. The van der Waals surface area contributed by atoms with E-state index in [0.717, 1.165) is 24.8 Å². The summed E-state index contributed by atoms with van der Waals surface area (Å²) in [5.74, 6) is -3.38. The Bertz CT molecular complexity index is 906. The number of carbonyl (C=O) groups is 2. The van der Waals surface area contributed by atoms with Crippen LogP contribution in [0.3, 0.4) is 0 Å². The fourth-order valence-electron chi connectivity index (χ4n) is 7.36. The molecule has 0 unspecified atom stereocenters. The normalized spacial score (nSPS) is 51.1. The highest BCUT2D eigenvalue weighted by atomic mass is 16.7. The predicted octanol–water partition coefficient (Wildman–Crippen LogP) is 2.11. The van der Waals surface area contributed by atoms with Gasteiger partial charge in [0.15, 0.2) is 6.10 Å². The summed E-state index contributed by atoms with van der Waals surface area (Å²) in [4.78, 5) is 25.6. The maximum absolute atomic E-state index is 13.6. The van der Waals surface area contributed by atoms with Crippen molar-refractivity contribution in [3.8, 4) is 0 Å². The number of hydrogen-bond donors (Lipinski definition) is 1. The first-order chi connectivity index (χ1) is 14.3. The molecule has 0 amide bonds. The fraction of sp³-hybridized carbons (Fsp3) is 0.727. The quantitative estimate of drug-likeness (QED) is 0.575. The fourth-order valence-corrected chi connectivity index (χ4v) is 7.36. The van der Waals surface area contributed by atoms with Crippen molar-refractivity contribution >= 4 is 11.9 Å². The summed E-state index contributed by atoms with van der Waals surface area (Å²) in [6.45, 7) is 3.87. The van der Waals surface area contributed by atoms with E-state index in [1.54, 1.807) is 18.6 Å². The first-order valence-corrected chi connectivity index (χ1v) is 10.7. The molecule has 2 aliphatic carbocycles. The van der Waals surface area contributed by atoms with E-state index in [1.165, 1.54) is 6.92 Å². The molecule has 1 aromatic heterocycles. The van der Waals surface area contributed by atoms with Crippen molar-refractivity contribution in [2.45, 2.75) is 63.1 Å². The van der Waals surface area contributed by atoms with Gasteiger partial charge in [0.2, 0.25) is 5.79 Å². The van der Waals surface area contributed by atoms with Crippen molar-refractivity contribution in [1.29, 1.82) is 0 Å². The third-order valence-electron chi connectivity index (χ3n) is 8.79. The van der Waals surface area contributed by atoms with Crippen molar-refractivity contribution in [2.75, 3.05) is 13.2 Å². The van der Waals surface area contributed by atoms with Crippen LogP contribution in [0.25, 0.3) is 0 Å². The molecule has 1 aromatic rings. The second-order valence-electron chi connectivity index (χ2n) is 9.71. The molecule has 8 nitrogen and oxygen atoms in total. The molecule has 0 radical (unpaired) electrons. The molecule has 30 heavy (non-hydrogen) atoms. The summed E-state index contributed by atoms with van der Waals surface area (Å²) in [5.41, 5.74) is -1.47. The number of fused-ring (bicyclic) bond motifs is 2. The van der Waals surface area contributed by atoms with E-state index in [1.807, 2.05) is 6.92 Å². The average molecular weight is 418 g/mol. The maximum atomic E-state index is 13.6. The second kappa shape index (κ2) is 5.66. The van der Waals surface area contributed by atoms with Gasteiger partial charge in [-0.2, -0.15) is 0 Å². The zero-order valence-electron chi connectivity index (χ0n) is 17.1. The molecule has 4 heterocycles. The molecular weight excluding hydrogens is 392 g/mol. The topological polar surface area (TPSA) is 108 Å². The van der Waals surface area contributed by atoms with Crippen molar-refractivity contribution in [3.63, 3.8) is 0 Å². The number of ether oxygens (including phenoxy) is 4. The van der Waals surface area contributed by atoms with Crippen molar-refractivity contribution < 1.29 is 38.1 Å². The summed E-state index contributed by atoms with van der Waals surface area (Å²) >= 11 is 0. The van der Waals surface area contributed by atoms with Gasteiger partial charge in [-0.3, -0.25) is 9.59 Å². The monoisotopic (exact) mass is 418 g/mol. The lowest BCUT2D eigenvalue weighted by molar-refractivity contribution is -0.301. The molecule has 3 spiro atoms. The van der Waals surface area contributed by atoms with Crippen LogP contribution >= 0.6 is 0 Å². The van der Waals surface area contributed by atoms with Crippen molar-refractivity contribution in [3.05, 3.63) is 24.2 Å². The number of carbonyl (C=O) groups excluding carboxylic acids is 2. The van der Waals surface area contributed by atoms with Gasteiger partial charge in [0.1, 0.15) is 11.7 Å².